The van der Waals surface area contributed by atoms with E-state index in [1.165, 1.54) is 0 Å². The third kappa shape index (κ3) is 3.84. The topological polar surface area (TPSA) is 45.2 Å². The van der Waals surface area contributed by atoms with Gasteiger partial charge in [0.15, 0.2) is 0 Å². The predicted molar refractivity (Wildman–Crippen MR) is 99.2 cm³/mol. The second-order valence-electron chi connectivity index (χ2n) is 6.90. The van der Waals surface area contributed by atoms with E-state index in [0.29, 0.717) is 11.5 Å². The molecule has 1 aromatic carbocycles. The molecular weight excluding hydrogens is 336 g/mol. The molecule has 1 saturated heterocycles. The number of halogens is 2. The van der Waals surface area contributed by atoms with Gasteiger partial charge in [0.1, 0.15) is 11.5 Å². The standard InChI is InChI=1S/C20H23F2N3O/c1-13-5-4-6-14(2)17(13)24-19(26)18-15(3)7-8-16(23-18)25-11-9-20(21,22)10-12-25/h4-8H,9-12H2,1-3H3,(H,24,26). The Labute approximate surface area is 152 Å². The van der Waals surface area contributed by atoms with E-state index in [1.807, 2.05) is 49.9 Å². The van der Waals surface area contributed by atoms with Gasteiger partial charge in [-0.05, 0) is 43.5 Å². The summed E-state index contributed by atoms with van der Waals surface area (Å²) in [4.78, 5) is 19.0. The smallest absolute Gasteiger partial charge is 0.274 e. The maximum Gasteiger partial charge on any atom is 0.274 e. The number of hydrogen-bond acceptors (Lipinski definition) is 3. The van der Waals surface area contributed by atoms with Gasteiger partial charge >= 0.3 is 0 Å². The normalized spacial score (nSPS) is 16.4. The number of amides is 1. The Morgan fingerprint density at radius 1 is 1.04 bits per heavy atom. The Hall–Kier alpha value is -2.50. The zero-order chi connectivity index (χ0) is 18.9. The Morgan fingerprint density at radius 3 is 2.27 bits per heavy atom. The molecule has 0 radical (unpaired) electrons. The number of benzene rings is 1. The monoisotopic (exact) mass is 359 g/mol. The van der Waals surface area contributed by atoms with Gasteiger partial charge in [-0.1, -0.05) is 24.3 Å². The quantitative estimate of drug-likeness (QED) is 0.878. The fourth-order valence-corrected chi connectivity index (χ4v) is 3.17. The van der Waals surface area contributed by atoms with Crippen molar-refractivity contribution in [1.82, 2.24) is 4.98 Å². The van der Waals surface area contributed by atoms with Crippen LogP contribution in [0.15, 0.2) is 30.3 Å². The number of carbonyl (C=O) groups is 1. The third-order valence-corrected chi connectivity index (χ3v) is 4.84. The molecule has 2 heterocycles. The lowest BCUT2D eigenvalue weighted by Gasteiger charge is -2.32. The number of hydrogen-bond donors (Lipinski definition) is 1. The Bertz CT molecular complexity index is 806. The molecule has 3 rings (SSSR count). The van der Waals surface area contributed by atoms with Gasteiger partial charge in [-0.3, -0.25) is 4.79 Å². The molecule has 1 N–H and O–H groups in total. The maximum atomic E-state index is 13.4. The molecule has 1 fully saturated rings. The number of aryl methyl sites for hydroxylation is 3. The molecule has 26 heavy (non-hydrogen) atoms. The molecule has 1 aromatic heterocycles. The van der Waals surface area contributed by atoms with Crippen molar-refractivity contribution in [1.29, 1.82) is 0 Å². The molecule has 0 atom stereocenters. The molecule has 1 amide bonds. The molecule has 1 aliphatic heterocycles. The summed E-state index contributed by atoms with van der Waals surface area (Å²) in [7, 11) is 0. The molecule has 0 saturated carbocycles. The largest absolute Gasteiger partial charge is 0.356 e. The number of piperidine rings is 1. The number of para-hydroxylation sites is 1. The van der Waals surface area contributed by atoms with E-state index in [-0.39, 0.29) is 31.8 Å². The number of carbonyl (C=O) groups excluding carboxylic acids is 1. The van der Waals surface area contributed by atoms with E-state index in [0.717, 1.165) is 22.4 Å². The molecule has 138 valence electrons. The predicted octanol–water partition coefficient (Wildman–Crippen LogP) is 4.49. The van der Waals surface area contributed by atoms with Crippen LogP contribution in [-0.2, 0) is 0 Å². The van der Waals surface area contributed by atoms with Crippen molar-refractivity contribution in [3.63, 3.8) is 0 Å². The molecular formula is C20H23F2N3O. The highest BCUT2D eigenvalue weighted by Crippen LogP contribution is 2.30. The summed E-state index contributed by atoms with van der Waals surface area (Å²) in [5, 5.41) is 2.94. The zero-order valence-electron chi connectivity index (χ0n) is 15.3. The first-order valence-electron chi connectivity index (χ1n) is 8.75. The number of anilines is 2. The van der Waals surface area contributed by atoms with Crippen LogP contribution in [0.1, 0.15) is 40.0 Å². The number of rotatable bonds is 3. The lowest BCUT2D eigenvalue weighted by molar-refractivity contribution is -0.0221. The highest BCUT2D eigenvalue weighted by atomic mass is 19.3. The molecule has 2 aromatic rings. The van der Waals surface area contributed by atoms with Crippen molar-refractivity contribution >= 4 is 17.4 Å². The molecule has 6 heteroatoms. The highest BCUT2D eigenvalue weighted by Gasteiger charge is 2.34. The van der Waals surface area contributed by atoms with E-state index in [2.05, 4.69) is 10.3 Å². The van der Waals surface area contributed by atoms with Crippen LogP contribution >= 0.6 is 0 Å². The lowest BCUT2D eigenvalue weighted by Crippen LogP contribution is -2.40. The van der Waals surface area contributed by atoms with Gasteiger partial charge in [-0.2, -0.15) is 0 Å². The van der Waals surface area contributed by atoms with Gasteiger partial charge in [0.05, 0.1) is 0 Å². The summed E-state index contributed by atoms with van der Waals surface area (Å²) in [5.41, 5.74) is 3.81. The van der Waals surface area contributed by atoms with Crippen LogP contribution in [0.2, 0.25) is 0 Å². The number of nitrogens with zero attached hydrogens (tertiary/aromatic N) is 2. The fraction of sp³-hybridized carbons (Fsp3) is 0.400. The van der Waals surface area contributed by atoms with Crippen molar-refractivity contribution in [2.45, 2.75) is 39.5 Å². The van der Waals surface area contributed by atoms with Gasteiger partial charge in [0.25, 0.3) is 11.8 Å². The van der Waals surface area contributed by atoms with Crippen LogP contribution in [0.5, 0.6) is 0 Å². The number of aromatic nitrogens is 1. The second-order valence-corrected chi connectivity index (χ2v) is 6.90. The van der Waals surface area contributed by atoms with Gasteiger partial charge in [0, 0.05) is 31.6 Å². The molecule has 1 aliphatic rings. The van der Waals surface area contributed by atoms with Gasteiger partial charge < -0.3 is 10.2 Å². The molecule has 0 unspecified atom stereocenters. The van der Waals surface area contributed by atoms with Crippen molar-refractivity contribution in [2.24, 2.45) is 0 Å². The molecule has 4 nitrogen and oxygen atoms in total. The number of nitrogens with one attached hydrogen (secondary N) is 1. The average Bonchev–Trinajstić information content (AvgIpc) is 2.59. The van der Waals surface area contributed by atoms with Crippen molar-refractivity contribution in [3.05, 3.63) is 52.7 Å². The summed E-state index contributed by atoms with van der Waals surface area (Å²) in [5.74, 6) is -2.33. The van der Waals surface area contributed by atoms with Crippen molar-refractivity contribution < 1.29 is 13.6 Å². The van der Waals surface area contributed by atoms with Crippen LogP contribution in [0.4, 0.5) is 20.3 Å². The van der Waals surface area contributed by atoms with Crippen LogP contribution in [-0.4, -0.2) is 29.9 Å². The third-order valence-electron chi connectivity index (χ3n) is 4.84. The first kappa shape index (κ1) is 18.3. The van der Waals surface area contributed by atoms with Gasteiger partial charge in [-0.15, -0.1) is 0 Å². The SMILES string of the molecule is Cc1ccc(N2CCC(F)(F)CC2)nc1C(=O)Nc1c(C)cccc1C. The van der Waals surface area contributed by atoms with Gasteiger partial charge in [-0.25, -0.2) is 13.8 Å². The Morgan fingerprint density at radius 2 is 1.65 bits per heavy atom. The highest BCUT2D eigenvalue weighted by molar-refractivity contribution is 6.04. The Kier molecular flexibility index (Phi) is 4.94. The minimum atomic E-state index is -2.61. The maximum absolute atomic E-state index is 13.4. The first-order chi connectivity index (χ1) is 12.3. The zero-order valence-corrected chi connectivity index (χ0v) is 15.3. The van der Waals surface area contributed by atoms with Crippen LogP contribution in [0.3, 0.4) is 0 Å². The summed E-state index contributed by atoms with van der Waals surface area (Å²) < 4.78 is 26.7. The van der Waals surface area contributed by atoms with Gasteiger partial charge in [0.2, 0.25) is 0 Å². The van der Waals surface area contributed by atoms with Crippen LogP contribution in [0, 0.1) is 20.8 Å². The number of alkyl halides is 2. The molecule has 0 spiro atoms. The minimum Gasteiger partial charge on any atom is -0.356 e. The summed E-state index contributed by atoms with van der Waals surface area (Å²) >= 11 is 0. The van der Waals surface area contributed by atoms with E-state index in [1.54, 1.807) is 6.07 Å². The molecule has 0 aliphatic carbocycles. The summed E-state index contributed by atoms with van der Waals surface area (Å²) in [6.07, 6.45) is -0.376. The van der Waals surface area contributed by atoms with E-state index in [9.17, 15) is 13.6 Å². The average molecular weight is 359 g/mol. The van der Waals surface area contributed by atoms with Crippen molar-refractivity contribution in [2.75, 3.05) is 23.3 Å². The first-order valence-corrected chi connectivity index (χ1v) is 8.75. The lowest BCUT2D eigenvalue weighted by atomic mass is 10.1. The summed E-state index contributed by atoms with van der Waals surface area (Å²) in [6.45, 7) is 6.17. The van der Waals surface area contributed by atoms with Crippen molar-refractivity contribution in [3.8, 4) is 0 Å². The van der Waals surface area contributed by atoms with E-state index < -0.39 is 5.92 Å². The second kappa shape index (κ2) is 7.02. The van der Waals surface area contributed by atoms with Crippen LogP contribution < -0.4 is 10.2 Å². The molecule has 0 bridgehead atoms. The fourth-order valence-electron chi connectivity index (χ4n) is 3.17. The van der Waals surface area contributed by atoms with E-state index >= 15 is 0 Å². The summed E-state index contributed by atoms with van der Waals surface area (Å²) in [6, 6.07) is 9.42. The van der Waals surface area contributed by atoms with Crippen LogP contribution in [0.25, 0.3) is 0 Å². The minimum absolute atomic E-state index is 0.188. The number of pyridine rings is 1. The van der Waals surface area contributed by atoms with E-state index in [4.69, 9.17) is 0 Å². The Balaban J connectivity index is 1.83.